The SMILES string of the molecule is Cc1cnccc1CNC(=O)N[C@H](C(=O)O)C(C)(C)C. The van der Waals surface area contributed by atoms with Crippen LogP contribution in [-0.4, -0.2) is 28.1 Å². The minimum Gasteiger partial charge on any atom is -0.480 e. The Morgan fingerprint density at radius 2 is 2.05 bits per heavy atom. The minimum absolute atomic E-state index is 0.330. The molecule has 1 aromatic rings. The molecular formula is C14H21N3O3. The van der Waals surface area contributed by atoms with Crippen molar-refractivity contribution in [1.29, 1.82) is 0 Å². The highest BCUT2D eigenvalue weighted by molar-refractivity contribution is 5.83. The summed E-state index contributed by atoms with van der Waals surface area (Å²) in [6.07, 6.45) is 3.36. The molecule has 0 aliphatic rings. The molecule has 0 aliphatic heterocycles. The molecule has 1 rings (SSSR count). The third kappa shape index (κ3) is 4.53. The van der Waals surface area contributed by atoms with Gasteiger partial charge in [0.05, 0.1) is 0 Å². The number of carboxylic acids is 1. The topological polar surface area (TPSA) is 91.3 Å². The molecule has 1 heterocycles. The molecule has 6 nitrogen and oxygen atoms in total. The molecule has 0 fully saturated rings. The number of amides is 2. The Balaban J connectivity index is 2.60. The number of nitrogens with one attached hydrogen (secondary N) is 2. The zero-order chi connectivity index (χ0) is 15.3. The zero-order valence-corrected chi connectivity index (χ0v) is 12.2. The largest absolute Gasteiger partial charge is 0.480 e. The predicted octanol–water partition coefficient (Wildman–Crippen LogP) is 1.69. The van der Waals surface area contributed by atoms with E-state index in [0.717, 1.165) is 11.1 Å². The fourth-order valence-corrected chi connectivity index (χ4v) is 1.71. The van der Waals surface area contributed by atoms with Crippen LogP contribution in [0.2, 0.25) is 0 Å². The number of carbonyl (C=O) groups is 2. The molecule has 3 N–H and O–H groups in total. The lowest BCUT2D eigenvalue weighted by Gasteiger charge is -2.27. The summed E-state index contributed by atoms with van der Waals surface area (Å²) in [6.45, 7) is 7.52. The quantitative estimate of drug-likeness (QED) is 0.782. The maximum Gasteiger partial charge on any atom is 0.326 e. The van der Waals surface area contributed by atoms with Gasteiger partial charge in [0.2, 0.25) is 0 Å². The molecule has 1 atom stereocenters. The second-order valence-corrected chi connectivity index (χ2v) is 5.77. The van der Waals surface area contributed by atoms with E-state index < -0.39 is 23.5 Å². The summed E-state index contributed by atoms with van der Waals surface area (Å²) in [4.78, 5) is 26.9. The monoisotopic (exact) mass is 279 g/mol. The third-order valence-corrected chi connectivity index (χ3v) is 2.96. The van der Waals surface area contributed by atoms with Crippen molar-refractivity contribution in [2.45, 2.75) is 40.3 Å². The lowest BCUT2D eigenvalue weighted by atomic mass is 9.87. The average molecular weight is 279 g/mol. The van der Waals surface area contributed by atoms with E-state index in [0.29, 0.717) is 6.54 Å². The Morgan fingerprint density at radius 3 is 2.55 bits per heavy atom. The van der Waals surface area contributed by atoms with Crippen molar-refractivity contribution in [2.75, 3.05) is 0 Å². The van der Waals surface area contributed by atoms with Gasteiger partial charge in [-0.15, -0.1) is 0 Å². The summed E-state index contributed by atoms with van der Waals surface area (Å²) in [5, 5.41) is 14.3. The van der Waals surface area contributed by atoms with Gasteiger partial charge in [-0.3, -0.25) is 4.98 Å². The summed E-state index contributed by atoms with van der Waals surface area (Å²) in [7, 11) is 0. The predicted molar refractivity (Wildman–Crippen MR) is 75.2 cm³/mol. The molecule has 0 spiro atoms. The molecule has 0 aliphatic carbocycles. The van der Waals surface area contributed by atoms with E-state index in [1.165, 1.54) is 0 Å². The number of carbonyl (C=O) groups excluding carboxylic acids is 1. The van der Waals surface area contributed by atoms with Gasteiger partial charge in [0.1, 0.15) is 6.04 Å². The van der Waals surface area contributed by atoms with Gasteiger partial charge < -0.3 is 15.7 Å². The van der Waals surface area contributed by atoms with Crippen LogP contribution >= 0.6 is 0 Å². The van der Waals surface area contributed by atoms with Crippen molar-refractivity contribution in [3.8, 4) is 0 Å². The highest BCUT2D eigenvalue weighted by atomic mass is 16.4. The van der Waals surface area contributed by atoms with Gasteiger partial charge in [0.15, 0.2) is 0 Å². The Labute approximate surface area is 118 Å². The number of carboxylic acid groups (broad SMARTS) is 1. The number of nitrogens with zero attached hydrogens (tertiary/aromatic N) is 1. The molecule has 2 amide bonds. The molecule has 0 bridgehead atoms. The second kappa shape index (κ2) is 6.36. The first-order chi connectivity index (χ1) is 9.21. The van der Waals surface area contributed by atoms with E-state index in [1.54, 1.807) is 33.2 Å². The number of rotatable bonds is 4. The highest BCUT2D eigenvalue weighted by Crippen LogP contribution is 2.19. The first-order valence-corrected chi connectivity index (χ1v) is 6.38. The lowest BCUT2D eigenvalue weighted by molar-refractivity contribution is -0.141. The van der Waals surface area contributed by atoms with E-state index in [2.05, 4.69) is 15.6 Å². The first kappa shape index (κ1) is 15.9. The number of hydrogen-bond donors (Lipinski definition) is 3. The number of aromatic nitrogens is 1. The Hall–Kier alpha value is -2.11. The second-order valence-electron chi connectivity index (χ2n) is 5.77. The molecule has 0 saturated heterocycles. The van der Waals surface area contributed by atoms with Gasteiger partial charge in [-0.1, -0.05) is 20.8 Å². The van der Waals surface area contributed by atoms with Gasteiger partial charge in [-0.2, -0.15) is 0 Å². The lowest BCUT2D eigenvalue weighted by Crippen LogP contribution is -2.52. The normalized spacial score (nSPS) is 12.6. The average Bonchev–Trinajstić information content (AvgIpc) is 2.33. The molecular weight excluding hydrogens is 258 g/mol. The van der Waals surface area contributed by atoms with Crippen LogP contribution in [0.4, 0.5) is 4.79 Å². The van der Waals surface area contributed by atoms with E-state index in [1.807, 2.05) is 13.0 Å². The van der Waals surface area contributed by atoms with Crippen LogP contribution in [0, 0.1) is 12.3 Å². The molecule has 0 radical (unpaired) electrons. The minimum atomic E-state index is -1.05. The van der Waals surface area contributed by atoms with Gasteiger partial charge in [-0.25, -0.2) is 9.59 Å². The van der Waals surface area contributed by atoms with Crippen molar-refractivity contribution in [3.63, 3.8) is 0 Å². The van der Waals surface area contributed by atoms with Crippen LogP contribution in [0.15, 0.2) is 18.5 Å². The number of aryl methyl sites for hydroxylation is 1. The summed E-state index contributed by atoms with van der Waals surface area (Å²) >= 11 is 0. The van der Waals surface area contributed by atoms with Gasteiger partial charge in [0.25, 0.3) is 0 Å². The van der Waals surface area contributed by atoms with Crippen LogP contribution in [0.3, 0.4) is 0 Å². The van der Waals surface area contributed by atoms with Crippen molar-refractivity contribution in [1.82, 2.24) is 15.6 Å². The van der Waals surface area contributed by atoms with Crippen LogP contribution in [-0.2, 0) is 11.3 Å². The molecule has 20 heavy (non-hydrogen) atoms. The van der Waals surface area contributed by atoms with Crippen molar-refractivity contribution >= 4 is 12.0 Å². The maximum absolute atomic E-state index is 11.8. The Bertz CT molecular complexity index is 495. The number of aliphatic carboxylic acids is 1. The highest BCUT2D eigenvalue weighted by Gasteiger charge is 2.32. The van der Waals surface area contributed by atoms with Gasteiger partial charge >= 0.3 is 12.0 Å². The zero-order valence-electron chi connectivity index (χ0n) is 12.2. The number of hydrogen-bond acceptors (Lipinski definition) is 3. The van der Waals surface area contributed by atoms with Crippen molar-refractivity contribution in [2.24, 2.45) is 5.41 Å². The maximum atomic E-state index is 11.8. The molecule has 6 heteroatoms. The van der Waals surface area contributed by atoms with E-state index in [4.69, 9.17) is 5.11 Å². The van der Waals surface area contributed by atoms with Crippen molar-refractivity contribution in [3.05, 3.63) is 29.6 Å². The summed E-state index contributed by atoms with van der Waals surface area (Å²) in [5.41, 5.74) is 1.35. The fourth-order valence-electron chi connectivity index (χ4n) is 1.71. The van der Waals surface area contributed by atoms with Crippen LogP contribution in [0.25, 0.3) is 0 Å². The van der Waals surface area contributed by atoms with E-state index in [9.17, 15) is 9.59 Å². The Morgan fingerprint density at radius 1 is 1.40 bits per heavy atom. The fraction of sp³-hybridized carbons (Fsp3) is 0.500. The van der Waals surface area contributed by atoms with E-state index >= 15 is 0 Å². The molecule has 110 valence electrons. The van der Waals surface area contributed by atoms with Crippen LogP contribution < -0.4 is 10.6 Å². The standard InChI is InChI=1S/C14H21N3O3/c1-9-7-15-6-5-10(9)8-16-13(20)17-11(12(18)19)14(2,3)4/h5-7,11H,8H2,1-4H3,(H,18,19)(H2,16,17,20)/t11-/m1/s1. The summed E-state index contributed by atoms with van der Waals surface area (Å²) in [5.74, 6) is -1.05. The molecule has 0 saturated carbocycles. The van der Waals surface area contributed by atoms with Crippen molar-refractivity contribution < 1.29 is 14.7 Å². The molecule has 1 aromatic heterocycles. The summed E-state index contributed by atoms with van der Waals surface area (Å²) in [6, 6.07) is 0.373. The summed E-state index contributed by atoms with van der Waals surface area (Å²) < 4.78 is 0. The van der Waals surface area contributed by atoms with Crippen LogP contribution in [0.1, 0.15) is 31.9 Å². The molecule has 0 aromatic carbocycles. The smallest absolute Gasteiger partial charge is 0.326 e. The van der Waals surface area contributed by atoms with Gasteiger partial charge in [0, 0.05) is 18.9 Å². The van der Waals surface area contributed by atoms with E-state index in [-0.39, 0.29) is 0 Å². The van der Waals surface area contributed by atoms with Gasteiger partial charge in [-0.05, 0) is 29.5 Å². The number of urea groups is 1. The third-order valence-electron chi connectivity index (χ3n) is 2.96. The Kier molecular flexibility index (Phi) is 5.07. The molecule has 0 unspecified atom stereocenters. The first-order valence-electron chi connectivity index (χ1n) is 6.38. The number of pyridine rings is 1. The van der Waals surface area contributed by atoms with Crippen LogP contribution in [0.5, 0.6) is 0 Å².